The van der Waals surface area contributed by atoms with E-state index in [2.05, 4.69) is 4.98 Å². The predicted molar refractivity (Wildman–Crippen MR) is 81.3 cm³/mol. The number of nitrogens with zero attached hydrogens (tertiary/aromatic N) is 2. The van der Waals surface area contributed by atoms with Crippen molar-refractivity contribution in [2.75, 3.05) is 4.90 Å². The molecule has 0 radical (unpaired) electrons. The second kappa shape index (κ2) is 5.56. The molecule has 0 bridgehead atoms. The molecule has 1 aliphatic rings. The van der Waals surface area contributed by atoms with Crippen molar-refractivity contribution in [3.05, 3.63) is 54.2 Å². The van der Waals surface area contributed by atoms with Gasteiger partial charge in [-0.05, 0) is 31.0 Å². The third-order valence-electron chi connectivity index (χ3n) is 3.80. The van der Waals surface area contributed by atoms with E-state index in [9.17, 15) is 4.79 Å². The van der Waals surface area contributed by atoms with Crippen LogP contribution in [0.1, 0.15) is 31.9 Å². The molecule has 1 aromatic heterocycles. The molecule has 2 aromatic rings. The Kier molecular flexibility index (Phi) is 3.60. The summed E-state index contributed by atoms with van der Waals surface area (Å²) in [6.45, 7) is 3.97. The van der Waals surface area contributed by atoms with Crippen molar-refractivity contribution >= 4 is 11.7 Å². The highest BCUT2D eigenvalue weighted by Crippen LogP contribution is 2.37. The number of rotatable bonds is 3. The molecule has 0 fully saturated rings. The van der Waals surface area contributed by atoms with Gasteiger partial charge in [-0.15, -0.1) is 0 Å². The van der Waals surface area contributed by atoms with Crippen molar-refractivity contribution in [2.24, 2.45) is 0 Å². The third-order valence-corrected chi connectivity index (χ3v) is 3.80. The van der Waals surface area contributed by atoms with Crippen LogP contribution in [-0.4, -0.2) is 17.0 Å². The van der Waals surface area contributed by atoms with Gasteiger partial charge < -0.3 is 4.74 Å². The molecule has 1 aromatic carbocycles. The summed E-state index contributed by atoms with van der Waals surface area (Å²) in [6.07, 6.45) is 1.89. The molecule has 4 nitrogen and oxygen atoms in total. The fourth-order valence-corrected chi connectivity index (χ4v) is 2.63. The number of fused-ring (bicyclic) bond motifs is 1. The zero-order valence-electron chi connectivity index (χ0n) is 12.2. The van der Waals surface area contributed by atoms with Crippen LogP contribution in [0.4, 0.5) is 5.82 Å². The molecule has 2 atom stereocenters. The number of amides is 1. The van der Waals surface area contributed by atoms with Crippen LogP contribution in [0.25, 0.3) is 0 Å². The molecule has 108 valence electrons. The van der Waals surface area contributed by atoms with Gasteiger partial charge in [0.05, 0.1) is 6.04 Å². The van der Waals surface area contributed by atoms with Gasteiger partial charge in [0.25, 0.3) is 5.91 Å². The minimum Gasteiger partial charge on any atom is -0.477 e. The number of hydrogen-bond acceptors (Lipinski definition) is 3. The van der Waals surface area contributed by atoms with Crippen LogP contribution in [-0.2, 0) is 4.79 Å². The number of hydrogen-bond donors (Lipinski definition) is 0. The largest absolute Gasteiger partial charge is 0.477 e. The summed E-state index contributed by atoms with van der Waals surface area (Å²) in [5.41, 5.74) is 1.08. The summed E-state index contributed by atoms with van der Waals surface area (Å²) in [4.78, 5) is 18.8. The van der Waals surface area contributed by atoms with Gasteiger partial charge in [-0.1, -0.05) is 37.3 Å². The first-order valence-corrected chi connectivity index (χ1v) is 7.22. The zero-order chi connectivity index (χ0) is 14.8. The molecule has 2 unspecified atom stereocenters. The molecule has 0 N–H and O–H groups in total. The third kappa shape index (κ3) is 2.37. The lowest BCUT2D eigenvalue weighted by Gasteiger charge is -2.36. The van der Waals surface area contributed by atoms with Gasteiger partial charge in [-0.3, -0.25) is 9.69 Å². The van der Waals surface area contributed by atoms with Gasteiger partial charge in [-0.25, -0.2) is 4.98 Å². The predicted octanol–water partition coefficient (Wildman–Crippen LogP) is 3.35. The number of carbonyl (C=O) groups is 1. The Morgan fingerprint density at radius 1 is 1.24 bits per heavy atom. The summed E-state index contributed by atoms with van der Waals surface area (Å²) in [7, 11) is 0. The van der Waals surface area contributed by atoms with E-state index in [-0.39, 0.29) is 11.9 Å². The number of benzene rings is 1. The van der Waals surface area contributed by atoms with Crippen molar-refractivity contribution in [3.63, 3.8) is 0 Å². The Hall–Kier alpha value is -2.36. The Morgan fingerprint density at radius 3 is 2.71 bits per heavy atom. The molecule has 0 spiro atoms. The first-order chi connectivity index (χ1) is 10.2. The molecule has 0 saturated carbocycles. The molecule has 3 rings (SSSR count). The summed E-state index contributed by atoms with van der Waals surface area (Å²) in [6, 6.07) is 13.6. The van der Waals surface area contributed by atoms with E-state index in [1.54, 1.807) is 11.1 Å². The summed E-state index contributed by atoms with van der Waals surface area (Å²) < 4.78 is 5.76. The van der Waals surface area contributed by atoms with Crippen LogP contribution >= 0.6 is 0 Å². The van der Waals surface area contributed by atoms with E-state index < -0.39 is 6.10 Å². The van der Waals surface area contributed by atoms with E-state index in [1.165, 1.54) is 0 Å². The Morgan fingerprint density at radius 2 is 2.00 bits per heavy atom. The van der Waals surface area contributed by atoms with E-state index in [4.69, 9.17) is 4.74 Å². The van der Waals surface area contributed by atoms with Gasteiger partial charge in [-0.2, -0.15) is 0 Å². The highest BCUT2D eigenvalue weighted by Gasteiger charge is 2.37. The van der Waals surface area contributed by atoms with Crippen LogP contribution in [0.5, 0.6) is 5.75 Å². The van der Waals surface area contributed by atoms with Crippen molar-refractivity contribution in [1.82, 2.24) is 4.98 Å². The van der Waals surface area contributed by atoms with Crippen molar-refractivity contribution in [1.29, 1.82) is 0 Å². The van der Waals surface area contributed by atoms with E-state index in [0.717, 1.165) is 5.56 Å². The smallest absolute Gasteiger partial charge is 0.269 e. The van der Waals surface area contributed by atoms with Gasteiger partial charge >= 0.3 is 0 Å². The first kappa shape index (κ1) is 13.6. The maximum atomic E-state index is 12.7. The van der Waals surface area contributed by atoms with Crippen LogP contribution in [0.3, 0.4) is 0 Å². The second-order valence-electron chi connectivity index (χ2n) is 5.13. The Balaban J connectivity index is 2.05. The van der Waals surface area contributed by atoms with Crippen LogP contribution in [0, 0.1) is 0 Å². The number of aromatic nitrogens is 1. The Bertz CT molecular complexity index is 642. The van der Waals surface area contributed by atoms with E-state index >= 15 is 0 Å². The molecule has 1 aliphatic heterocycles. The fourth-order valence-electron chi connectivity index (χ4n) is 2.63. The van der Waals surface area contributed by atoms with Crippen molar-refractivity contribution in [3.8, 4) is 5.75 Å². The quantitative estimate of drug-likeness (QED) is 0.867. The highest BCUT2D eigenvalue weighted by molar-refractivity contribution is 5.99. The molecule has 0 aliphatic carbocycles. The average molecular weight is 282 g/mol. The molecule has 4 heteroatoms. The lowest BCUT2D eigenvalue weighted by molar-refractivity contribution is -0.127. The first-order valence-electron chi connectivity index (χ1n) is 7.22. The monoisotopic (exact) mass is 282 g/mol. The minimum atomic E-state index is -0.437. The number of ether oxygens (including phenoxy) is 1. The second-order valence-corrected chi connectivity index (χ2v) is 5.13. The highest BCUT2D eigenvalue weighted by atomic mass is 16.5. The number of anilines is 1. The molecule has 0 saturated heterocycles. The van der Waals surface area contributed by atoms with Gasteiger partial charge in [0.15, 0.2) is 17.7 Å². The van der Waals surface area contributed by atoms with Crippen LogP contribution in [0.15, 0.2) is 48.7 Å². The standard InChI is InChI=1S/C17H18N2O2/c1-3-14-17(20)19(12(2)13-8-5-4-6-9-13)16-15(21-14)10-7-11-18-16/h4-12,14H,3H2,1-2H3. The summed E-state index contributed by atoms with van der Waals surface area (Å²) >= 11 is 0. The SMILES string of the molecule is CCC1Oc2cccnc2N(C(C)c2ccccc2)C1=O. The topological polar surface area (TPSA) is 42.4 Å². The zero-order valence-corrected chi connectivity index (χ0v) is 12.2. The number of pyridine rings is 1. The van der Waals surface area contributed by atoms with Crippen LogP contribution in [0.2, 0.25) is 0 Å². The van der Waals surface area contributed by atoms with E-state index in [1.807, 2.05) is 56.3 Å². The summed E-state index contributed by atoms with van der Waals surface area (Å²) in [5, 5.41) is 0. The van der Waals surface area contributed by atoms with Gasteiger partial charge in [0, 0.05) is 6.20 Å². The Labute approximate surface area is 124 Å². The average Bonchev–Trinajstić information content (AvgIpc) is 2.54. The van der Waals surface area contributed by atoms with Crippen LogP contribution < -0.4 is 9.64 Å². The molecule has 21 heavy (non-hydrogen) atoms. The van der Waals surface area contributed by atoms with Gasteiger partial charge in [0.2, 0.25) is 0 Å². The lowest BCUT2D eigenvalue weighted by Crippen LogP contribution is -2.47. The molecule has 2 heterocycles. The maximum Gasteiger partial charge on any atom is 0.269 e. The normalized spacial score (nSPS) is 18.9. The molecular weight excluding hydrogens is 264 g/mol. The fraction of sp³-hybridized carbons (Fsp3) is 0.294. The van der Waals surface area contributed by atoms with Crippen molar-refractivity contribution < 1.29 is 9.53 Å². The molecule has 1 amide bonds. The number of carbonyl (C=O) groups excluding carboxylic acids is 1. The summed E-state index contributed by atoms with van der Waals surface area (Å²) in [5.74, 6) is 1.25. The van der Waals surface area contributed by atoms with E-state index in [0.29, 0.717) is 18.0 Å². The van der Waals surface area contributed by atoms with Crippen molar-refractivity contribution in [2.45, 2.75) is 32.4 Å². The lowest BCUT2D eigenvalue weighted by atomic mass is 10.0. The minimum absolute atomic E-state index is 0.0277. The maximum absolute atomic E-state index is 12.7. The van der Waals surface area contributed by atoms with Gasteiger partial charge in [0.1, 0.15) is 0 Å². The molecular formula is C17H18N2O2.